The molecule has 1 aromatic carbocycles. The topological polar surface area (TPSA) is 55.1 Å². The number of nitrogens with zero attached hydrogens (tertiary/aromatic N) is 2. The van der Waals surface area contributed by atoms with Crippen molar-refractivity contribution in [1.82, 2.24) is 9.78 Å². The first-order valence-corrected chi connectivity index (χ1v) is 7.39. The van der Waals surface area contributed by atoms with Crippen LogP contribution >= 0.6 is 11.8 Å². The Morgan fingerprint density at radius 1 is 1.42 bits per heavy atom. The molecule has 5 heteroatoms. The maximum absolute atomic E-state index is 11.3. The fourth-order valence-electron chi connectivity index (χ4n) is 2.27. The summed E-state index contributed by atoms with van der Waals surface area (Å²) >= 11 is 1.64. The van der Waals surface area contributed by atoms with Gasteiger partial charge in [-0.15, -0.1) is 11.8 Å². The largest absolute Gasteiger partial charge is 0.478 e. The first kappa shape index (κ1) is 12.3. The van der Waals surface area contributed by atoms with Crippen molar-refractivity contribution < 1.29 is 9.90 Å². The molecule has 1 fully saturated rings. The van der Waals surface area contributed by atoms with Crippen molar-refractivity contribution in [1.29, 1.82) is 0 Å². The predicted molar refractivity (Wildman–Crippen MR) is 74.3 cm³/mol. The van der Waals surface area contributed by atoms with Crippen molar-refractivity contribution in [3.8, 4) is 5.69 Å². The summed E-state index contributed by atoms with van der Waals surface area (Å²) in [6.45, 7) is 0. The highest BCUT2D eigenvalue weighted by Gasteiger charge is 2.33. The van der Waals surface area contributed by atoms with E-state index >= 15 is 0 Å². The fraction of sp³-hybridized carbons (Fsp3) is 0.286. The zero-order chi connectivity index (χ0) is 13.4. The number of hydrogen-bond donors (Lipinski definition) is 1. The lowest BCUT2D eigenvalue weighted by Gasteiger charge is -2.11. The number of benzene rings is 1. The van der Waals surface area contributed by atoms with Crippen LogP contribution in [0.15, 0.2) is 35.4 Å². The normalized spacial score (nSPS) is 14.6. The maximum atomic E-state index is 11.3. The van der Waals surface area contributed by atoms with Crippen LogP contribution < -0.4 is 0 Å². The van der Waals surface area contributed by atoms with E-state index in [9.17, 15) is 9.90 Å². The molecule has 1 aliphatic rings. The van der Waals surface area contributed by atoms with Crippen molar-refractivity contribution in [2.75, 3.05) is 6.26 Å². The zero-order valence-electron chi connectivity index (χ0n) is 10.5. The van der Waals surface area contributed by atoms with Crippen LogP contribution in [0, 0.1) is 0 Å². The van der Waals surface area contributed by atoms with Gasteiger partial charge in [0.2, 0.25) is 0 Å². The number of para-hydroxylation sites is 1. The van der Waals surface area contributed by atoms with Crippen LogP contribution in [-0.2, 0) is 0 Å². The Morgan fingerprint density at radius 3 is 2.79 bits per heavy atom. The molecule has 1 saturated carbocycles. The Balaban J connectivity index is 2.17. The number of carbonyl (C=O) groups is 1. The summed E-state index contributed by atoms with van der Waals surface area (Å²) in [5, 5.41) is 13.6. The highest BCUT2D eigenvalue weighted by atomic mass is 32.2. The third-order valence-corrected chi connectivity index (χ3v) is 4.10. The smallest absolute Gasteiger partial charge is 0.339 e. The second-order valence-electron chi connectivity index (χ2n) is 4.61. The highest BCUT2D eigenvalue weighted by Crippen LogP contribution is 2.43. The molecule has 0 bridgehead atoms. The molecular weight excluding hydrogens is 260 g/mol. The van der Waals surface area contributed by atoms with E-state index in [1.807, 2.05) is 30.5 Å². The van der Waals surface area contributed by atoms with Crippen molar-refractivity contribution in [2.45, 2.75) is 23.7 Å². The van der Waals surface area contributed by atoms with E-state index in [0.717, 1.165) is 29.1 Å². The van der Waals surface area contributed by atoms with E-state index in [1.165, 1.54) is 6.20 Å². The van der Waals surface area contributed by atoms with E-state index < -0.39 is 5.97 Å². The van der Waals surface area contributed by atoms with Crippen LogP contribution in [-0.4, -0.2) is 27.1 Å². The van der Waals surface area contributed by atoms with Crippen molar-refractivity contribution in [3.63, 3.8) is 0 Å². The molecule has 0 atom stereocenters. The summed E-state index contributed by atoms with van der Waals surface area (Å²) in [7, 11) is 0. The van der Waals surface area contributed by atoms with Crippen LogP contribution in [0.5, 0.6) is 0 Å². The maximum Gasteiger partial charge on any atom is 0.339 e. The zero-order valence-corrected chi connectivity index (χ0v) is 11.4. The third-order valence-electron chi connectivity index (χ3n) is 3.31. The summed E-state index contributed by atoms with van der Waals surface area (Å²) < 4.78 is 1.80. The van der Waals surface area contributed by atoms with Crippen LogP contribution in [0.3, 0.4) is 0 Å². The molecule has 1 heterocycles. The fourth-order valence-corrected chi connectivity index (χ4v) is 2.85. The number of aromatic carboxylic acids is 1. The summed E-state index contributed by atoms with van der Waals surface area (Å²) in [6, 6.07) is 7.94. The Hall–Kier alpha value is -1.75. The quantitative estimate of drug-likeness (QED) is 0.870. The number of thioether (sulfide) groups is 1. The summed E-state index contributed by atoms with van der Waals surface area (Å²) in [5.74, 6) is -0.557. The molecule has 4 nitrogen and oxygen atoms in total. The number of hydrogen-bond acceptors (Lipinski definition) is 3. The lowest BCUT2D eigenvalue weighted by Crippen LogP contribution is -2.06. The molecule has 0 unspecified atom stereocenters. The first-order valence-electron chi connectivity index (χ1n) is 6.17. The Labute approximate surface area is 115 Å². The monoisotopic (exact) mass is 274 g/mol. The minimum Gasteiger partial charge on any atom is -0.478 e. The summed E-state index contributed by atoms with van der Waals surface area (Å²) in [6.07, 6.45) is 5.57. The third kappa shape index (κ3) is 2.14. The molecule has 1 N–H and O–H groups in total. The van der Waals surface area contributed by atoms with E-state index in [4.69, 9.17) is 0 Å². The summed E-state index contributed by atoms with van der Waals surface area (Å²) in [5.41, 5.74) is 2.14. The molecule has 1 aliphatic carbocycles. The van der Waals surface area contributed by atoms with E-state index in [-0.39, 0.29) is 0 Å². The van der Waals surface area contributed by atoms with Gasteiger partial charge in [-0.3, -0.25) is 0 Å². The van der Waals surface area contributed by atoms with Gasteiger partial charge in [0, 0.05) is 10.8 Å². The Kier molecular flexibility index (Phi) is 3.06. The van der Waals surface area contributed by atoms with Gasteiger partial charge in [-0.1, -0.05) is 12.1 Å². The molecule has 98 valence electrons. The van der Waals surface area contributed by atoms with Gasteiger partial charge >= 0.3 is 5.97 Å². The number of carboxylic acid groups (broad SMARTS) is 1. The van der Waals surface area contributed by atoms with Crippen molar-refractivity contribution in [2.24, 2.45) is 0 Å². The molecule has 0 amide bonds. The van der Waals surface area contributed by atoms with Gasteiger partial charge in [0.25, 0.3) is 0 Å². The van der Waals surface area contributed by atoms with Gasteiger partial charge in [-0.25, -0.2) is 9.48 Å². The van der Waals surface area contributed by atoms with Gasteiger partial charge in [0.05, 0.1) is 17.6 Å². The van der Waals surface area contributed by atoms with Crippen LogP contribution in [0.1, 0.15) is 34.8 Å². The van der Waals surface area contributed by atoms with Gasteiger partial charge in [0.1, 0.15) is 5.56 Å². The number of aromatic nitrogens is 2. The van der Waals surface area contributed by atoms with Crippen LogP contribution in [0.4, 0.5) is 0 Å². The highest BCUT2D eigenvalue weighted by molar-refractivity contribution is 7.98. The van der Waals surface area contributed by atoms with Gasteiger partial charge in [0.15, 0.2) is 0 Å². The van der Waals surface area contributed by atoms with Crippen LogP contribution in [0.2, 0.25) is 0 Å². The van der Waals surface area contributed by atoms with E-state index in [2.05, 4.69) is 5.10 Å². The van der Waals surface area contributed by atoms with Gasteiger partial charge < -0.3 is 5.11 Å². The lowest BCUT2D eigenvalue weighted by atomic mass is 10.1. The minimum absolute atomic E-state index is 0.332. The predicted octanol–water partition coefficient (Wildman–Crippen LogP) is 3.17. The first-order chi connectivity index (χ1) is 9.22. The molecule has 3 rings (SSSR count). The molecule has 1 aromatic heterocycles. The average molecular weight is 274 g/mol. The van der Waals surface area contributed by atoms with Gasteiger partial charge in [-0.05, 0) is 31.2 Å². The molecule has 0 spiro atoms. The molecule has 0 radical (unpaired) electrons. The standard InChI is InChI=1S/C14H14N2O2S/c1-19-12-5-3-2-4-11(12)16-13(9-6-7-9)10(8-15-16)14(17)18/h2-5,8-9H,6-7H2,1H3,(H,17,18). The second-order valence-corrected chi connectivity index (χ2v) is 5.45. The number of rotatable bonds is 4. The van der Waals surface area contributed by atoms with Crippen LogP contribution in [0.25, 0.3) is 5.69 Å². The van der Waals surface area contributed by atoms with Gasteiger partial charge in [-0.2, -0.15) is 5.10 Å². The molecule has 19 heavy (non-hydrogen) atoms. The Bertz CT molecular complexity index is 632. The summed E-state index contributed by atoms with van der Waals surface area (Å²) in [4.78, 5) is 12.4. The lowest BCUT2D eigenvalue weighted by molar-refractivity contribution is 0.0695. The SMILES string of the molecule is CSc1ccccc1-n1ncc(C(=O)O)c1C1CC1. The Morgan fingerprint density at radius 2 is 2.16 bits per heavy atom. The molecule has 0 aliphatic heterocycles. The molecular formula is C14H14N2O2S. The van der Waals surface area contributed by atoms with Crippen molar-refractivity contribution >= 4 is 17.7 Å². The number of carboxylic acids is 1. The second kappa shape index (κ2) is 4.74. The minimum atomic E-state index is -0.894. The van der Waals surface area contributed by atoms with E-state index in [1.54, 1.807) is 16.4 Å². The molecule has 2 aromatic rings. The van der Waals surface area contributed by atoms with E-state index in [0.29, 0.717) is 11.5 Å². The molecule has 0 saturated heterocycles. The van der Waals surface area contributed by atoms with Crippen molar-refractivity contribution in [3.05, 3.63) is 41.7 Å². The average Bonchev–Trinajstić information content (AvgIpc) is 3.17.